The fourth-order valence-electron chi connectivity index (χ4n) is 2.07. The van der Waals surface area contributed by atoms with E-state index in [1.807, 2.05) is 4.90 Å². The third-order valence-electron chi connectivity index (χ3n) is 2.86. The maximum atomic E-state index is 11.2. The molecule has 0 saturated carbocycles. The van der Waals surface area contributed by atoms with Gasteiger partial charge in [0.25, 0.3) is 0 Å². The fourth-order valence-corrected chi connectivity index (χ4v) is 2.07. The summed E-state index contributed by atoms with van der Waals surface area (Å²) in [4.78, 5) is 13.2. The number of urea groups is 1. The van der Waals surface area contributed by atoms with Crippen molar-refractivity contribution < 1.29 is 4.79 Å². The number of rotatable bonds is 0. The number of nitrogens with one attached hydrogen (secondary N) is 1. The first kappa shape index (κ1) is 6.95. The van der Waals surface area contributed by atoms with Crippen LogP contribution >= 0.6 is 0 Å². The number of nitrogens with zero attached hydrogens (tertiary/aromatic N) is 1. The van der Waals surface area contributed by atoms with Crippen molar-refractivity contribution in [3.63, 3.8) is 0 Å². The van der Waals surface area contributed by atoms with Crippen LogP contribution in [-0.4, -0.2) is 29.6 Å². The molecule has 2 aliphatic heterocycles. The Balaban J connectivity index is 2.21. The smallest absolute Gasteiger partial charge is 0.317 e. The highest BCUT2D eigenvalue weighted by atomic mass is 16.2. The zero-order valence-corrected chi connectivity index (χ0v) is 6.89. The van der Waals surface area contributed by atoms with Crippen LogP contribution in [0.3, 0.4) is 0 Å². The lowest BCUT2D eigenvalue weighted by Crippen LogP contribution is -2.47. The van der Waals surface area contributed by atoms with Crippen molar-refractivity contribution in [1.82, 2.24) is 10.2 Å². The van der Waals surface area contributed by atoms with E-state index < -0.39 is 0 Å². The van der Waals surface area contributed by atoms with Crippen LogP contribution in [0.15, 0.2) is 0 Å². The Bertz CT molecular complexity index is 193. The van der Waals surface area contributed by atoms with Crippen molar-refractivity contribution in [2.45, 2.75) is 31.7 Å². The van der Waals surface area contributed by atoms with Gasteiger partial charge in [-0.05, 0) is 26.2 Å². The molecule has 0 aromatic heterocycles. The van der Waals surface area contributed by atoms with Crippen LogP contribution in [0.4, 0.5) is 4.79 Å². The number of piperidine rings is 1. The summed E-state index contributed by atoms with van der Waals surface area (Å²) < 4.78 is 0. The van der Waals surface area contributed by atoms with Gasteiger partial charge in [-0.3, -0.25) is 0 Å². The first-order valence-corrected chi connectivity index (χ1v) is 4.28. The standard InChI is InChI=1S/C8H14N2O/c1-8-4-2-3-5-10(8)7(11)9-6-8/h2-6H2,1H3,(H,9,11). The maximum absolute atomic E-state index is 11.2. The Morgan fingerprint density at radius 2 is 2.36 bits per heavy atom. The van der Waals surface area contributed by atoms with E-state index in [9.17, 15) is 4.79 Å². The Hall–Kier alpha value is -0.730. The van der Waals surface area contributed by atoms with Crippen molar-refractivity contribution in [1.29, 1.82) is 0 Å². The van der Waals surface area contributed by atoms with E-state index in [0.29, 0.717) is 0 Å². The van der Waals surface area contributed by atoms with Crippen LogP contribution in [0, 0.1) is 0 Å². The van der Waals surface area contributed by atoms with E-state index in [-0.39, 0.29) is 11.6 Å². The predicted octanol–water partition coefficient (Wildman–Crippen LogP) is 0.954. The second kappa shape index (κ2) is 2.13. The van der Waals surface area contributed by atoms with Gasteiger partial charge in [-0.25, -0.2) is 4.79 Å². The summed E-state index contributed by atoms with van der Waals surface area (Å²) in [5.41, 5.74) is 0.134. The summed E-state index contributed by atoms with van der Waals surface area (Å²) >= 11 is 0. The molecule has 62 valence electrons. The molecule has 2 saturated heterocycles. The molecule has 2 aliphatic rings. The largest absolute Gasteiger partial charge is 0.336 e. The summed E-state index contributed by atoms with van der Waals surface area (Å²) in [6.45, 7) is 3.96. The molecule has 2 heterocycles. The van der Waals surface area contributed by atoms with Gasteiger partial charge in [-0.1, -0.05) is 0 Å². The van der Waals surface area contributed by atoms with E-state index in [1.165, 1.54) is 12.8 Å². The molecule has 0 bridgehead atoms. The average Bonchev–Trinajstić information content (AvgIpc) is 2.29. The van der Waals surface area contributed by atoms with E-state index in [1.54, 1.807) is 0 Å². The van der Waals surface area contributed by atoms with Gasteiger partial charge < -0.3 is 10.2 Å². The highest BCUT2D eigenvalue weighted by Crippen LogP contribution is 2.30. The highest BCUT2D eigenvalue weighted by Gasteiger charge is 2.42. The van der Waals surface area contributed by atoms with Gasteiger partial charge in [-0.2, -0.15) is 0 Å². The topological polar surface area (TPSA) is 32.3 Å². The number of fused-ring (bicyclic) bond motifs is 1. The highest BCUT2D eigenvalue weighted by molar-refractivity contribution is 5.77. The van der Waals surface area contributed by atoms with Crippen LogP contribution in [0.1, 0.15) is 26.2 Å². The van der Waals surface area contributed by atoms with Crippen LogP contribution in [0.5, 0.6) is 0 Å². The van der Waals surface area contributed by atoms with E-state index >= 15 is 0 Å². The van der Waals surface area contributed by atoms with Gasteiger partial charge in [0, 0.05) is 13.1 Å². The molecule has 3 nitrogen and oxygen atoms in total. The van der Waals surface area contributed by atoms with Gasteiger partial charge in [0.15, 0.2) is 0 Å². The van der Waals surface area contributed by atoms with Crippen LogP contribution in [0.2, 0.25) is 0 Å². The Morgan fingerprint density at radius 3 is 3.09 bits per heavy atom. The van der Waals surface area contributed by atoms with Crippen LogP contribution < -0.4 is 5.32 Å². The fraction of sp³-hybridized carbons (Fsp3) is 0.875. The van der Waals surface area contributed by atoms with Crippen molar-refractivity contribution in [2.24, 2.45) is 0 Å². The lowest BCUT2D eigenvalue weighted by Gasteiger charge is -2.37. The van der Waals surface area contributed by atoms with Crippen LogP contribution in [0.25, 0.3) is 0 Å². The van der Waals surface area contributed by atoms with Crippen molar-refractivity contribution >= 4 is 6.03 Å². The second-order valence-corrected chi connectivity index (χ2v) is 3.76. The normalized spacial score (nSPS) is 36.8. The predicted molar refractivity (Wildman–Crippen MR) is 42.4 cm³/mol. The van der Waals surface area contributed by atoms with Crippen LogP contribution in [-0.2, 0) is 0 Å². The number of hydrogen-bond acceptors (Lipinski definition) is 1. The van der Waals surface area contributed by atoms with E-state index in [2.05, 4.69) is 12.2 Å². The molecule has 0 aliphatic carbocycles. The molecule has 1 atom stereocenters. The minimum absolute atomic E-state index is 0.132. The lowest BCUT2D eigenvalue weighted by atomic mass is 9.90. The third-order valence-corrected chi connectivity index (χ3v) is 2.86. The molecule has 2 fully saturated rings. The first-order chi connectivity index (χ1) is 5.22. The summed E-state index contributed by atoms with van der Waals surface area (Å²) in [5, 5.41) is 2.89. The number of amides is 2. The summed E-state index contributed by atoms with van der Waals surface area (Å²) in [5.74, 6) is 0. The van der Waals surface area contributed by atoms with Gasteiger partial charge in [0.1, 0.15) is 0 Å². The molecule has 0 aromatic carbocycles. The Labute approximate surface area is 66.8 Å². The van der Waals surface area contributed by atoms with Gasteiger partial charge in [-0.15, -0.1) is 0 Å². The second-order valence-electron chi connectivity index (χ2n) is 3.76. The molecule has 0 aromatic rings. The van der Waals surface area contributed by atoms with E-state index in [0.717, 1.165) is 19.5 Å². The molecule has 2 rings (SSSR count). The molecule has 2 amide bonds. The SMILES string of the molecule is CC12CCCCN1C(=O)NC2. The molecule has 0 spiro atoms. The monoisotopic (exact) mass is 154 g/mol. The molecule has 1 unspecified atom stereocenters. The number of carbonyl (C=O) groups excluding carboxylic acids is 1. The first-order valence-electron chi connectivity index (χ1n) is 4.28. The van der Waals surface area contributed by atoms with E-state index in [4.69, 9.17) is 0 Å². The number of hydrogen-bond donors (Lipinski definition) is 1. The molecule has 0 radical (unpaired) electrons. The Kier molecular flexibility index (Phi) is 1.34. The van der Waals surface area contributed by atoms with Crippen molar-refractivity contribution in [2.75, 3.05) is 13.1 Å². The molecule has 1 N–H and O–H groups in total. The molecule has 11 heavy (non-hydrogen) atoms. The Morgan fingerprint density at radius 1 is 1.55 bits per heavy atom. The summed E-state index contributed by atoms with van der Waals surface area (Å²) in [6.07, 6.45) is 3.59. The minimum atomic E-state index is 0.132. The molecular weight excluding hydrogens is 140 g/mol. The van der Waals surface area contributed by atoms with Crippen molar-refractivity contribution in [3.8, 4) is 0 Å². The molecule has 3 heteroatoms. The minimum Gasteiger partial charge on any atom is -0.336 e. The lowest BCUT2D eigenvalue weighted by molar-refractivity contribution is 0.132. The molecular formula is C8H14N2O. The van der Waals surface area contributed by atoms with Gasteiger partial charge in [0.05, 0.1) is 5.54 Å². The van der Waals surface area contributed by atoms with Gasteiger partial charge in [0.2, 0.25) is 0 Å². The number of carbonyl (C=O) groups is 1. The maximum Gasteiger partial charge on any atom is 0.317 e. The summed E-state index contributed by atoms with van der Waals surface area (Å²) in [7, 11) is 0. The quantitative estimate of drug-likeness (QED) is 0.553. The summed E-state index contributed by atoms with van der Waals surface area (Å²) in [6, 6.07) is 0.132. The zero-order valence-electron chi connectivity index (χ0n) is 6.89. The third kappa shape index (κ3) is 0.905. The van der Waals surface area contributed by atoms with Crippen molar-refractivity contribution in [3.05, 3.63) is 0 Å². The van der Waals surface area contributed by atoms with Gasteiger partial charge >= 0.3 is 6.03 Å². The zero-order chi connectivity index (χ0) is 7.90. The average molecular weight is 154 g/mol.